The van der Waals surface area contributed by atoms with Gasteiger partial charge >= 0.3 is 5.97 Å². The molecule has 9 nitrogen and oxygen atoms in total. The Hall–Kier alpha value is -2.62. The minimum Gasteiger partial charge on any atom is -0.481 e. The average molecular weight is 474 g/mol. The number of nitrogens with zero attached hydrogens (tertiary/aromatic N) is 5. The molecule has 10 heteroatoms. The van der Waals surface area contributed by atoms with Crippen LogP contribution in [0.3, 0.4) is 0 Å². The molecule has 0 atom stereocenters. The van der Waals surface area contributed by atoms with Gasteiger partial charge in [-0.25, -0.2) is 4.98 Å². The fourth-order valence-electron chi connectivity index (χ4n) is 4.52. The first-order chi connectivity index (χ1) is 15.9. The topological polar surface area (TPSA) is 107 Å². The van der Waals surface area contributed by atoms with E-state index in [-0.39, 0.29) is 30.5 Å². The molecule has 3 aliphatic rings. The van der Waals surface area contributed by atoms with Gasteiger partial charge in [0.2, 0.25) is 5.95 Å². The van der Waals surface area contributed by atoms with E-state index >= 15 is 0 Å². The third-order valence-corrected chi connectivity index (χ3v) is 7.23. The van der Waals surface area contributed by atoms with Crippen LogP contribution in [-0.4, -0.2) is 69.8 Å². The lowest BCUT2D eigenvalue weighted by atomic mass is 10.1. The van der Waals surface area contributed by atoms with Crippen molar-refractivity contribution < 1.29 is 19.5 Å². The van der Waals surface area contributed by atoms with Crippen LogP contribution in [-0.2, 0) is 9.59 Å². The minimum absolute atomic E-state index is 0.0786. The Balaban J connectivity index is 1.64. The number of rotatable bonds is 7. The van der Waals surface area contributed by atoms with E-state index in [4.69, 9.17) is 15.1 Å². The van der Waals surface area contributed by atoms with Gasteiger partial charge in [0.25, 0.3) is 11.1 Å². The second-order valence-electron chi connectivity index (χ2n) is 8.77. The smallest absolute Gasteiger partial charge is 0.303 e. The van der Waals surface area contributed by atoms with Gasteiger partial charge in [0.1, 0.15) is 5.82 Å². The molecule has 1 aromatic heterocycles. The monoisotopic (exact) mass is 473 g/mol. The number of thioether (sulfide) groups is 1. The van der Waals surface area contributed by atoms with E-state index in [1.165, 1.54) is 12.8 Å². The van der Waals surface area contributed by atoms with E-state index in [0.29, 0.717) is 4.91 Å². The fourth-order valence-corrected chi connectivity index (χ4v) is 5.36. The first-order valence-electron chi connectivity index (χ1n) is 11.8. The van der Waals surface area contributed by atoms with Gasteiger partial charge in [-0.3, -0.25) is 19.3 Å². The van der Waals surface area contributed by atoms with Crippen LogP contribution in [0.15, 0.2) is 4.91 Å². The van der Waals surface area contributed by atoms with Crippen LogP contribution in [0.1, 0.15) is 62.6 Å². The number of amides is 2. The van der Waals surface area contributed by atoms with Crippen molar-refractivity contribution in [3.63, 3.8) is 0 Å². The summed E-state index contributed by atoms with van der Waals surface area (Å²) in [7, 11) is 0. The molecule has 3 fully saturated rings. The maximum absolute atomic E-state index is 12.9. The maximum Gasteiger partial charge on any atom is 0.303 e. The summed E-state index contributed by atoms with van der Waals surface area (Å²) >= 11 is 0.898. The molecule has 1 aromatic rings. The summed E-state index contributed by atoms with van der Waals surface area (Å²) in [5, 5.41) is 8.48. The van der Waals surface area contributed by atoms with Crippen molar-refractivity contribution in [2.24, 2.45) is 0 Å². The van der Waals surface area contributed by atoms with Crippen LogP contribution in [0.2, 0.25) is 0 Å². The lowest BCUT2D eigenvalue weighted by Crippen LogP contribution is -2.34. The molecule has 0 aromatic carbocycles. The predicted molar refractivity (Wildman–Crippen MR) is 128 cm³/mol. The van der Waals surface area contributed by atoms with Gasteiger partial charge < -0.3 is 14.9 Å². The molecule has 4 heterocycles. The van der Waals surface area contributed by atoms with Crippen molar-refractivity contribution in [3.05, 3.63) is 16.2 Å². The lowest BCUT2D eigenvalue weighted by Gasteiger charge is -2.32. The number of anilines is 2. The molecule has 0 unspecified atom stereocenters. The highest BCUT2D eigenvalue weighted by atomic mass is 32.2. The molecule has 0 aliphatic carbocycles. The van der Waals surface area contributed by atoms with Crippen molar-refractivity contribution >= 4 is 46.7 Å². The first-order valence-corrected chi connectivity index (χ1v) is 12.6. The molecule has 2 amide bonds. The van der Waals surface area contributed by atoms with Crippen molar-refractivity contribution in [1.29, 1.82) is 0 Å². The number of imide groups is 1. The van der Waals surface area contributed by atoms with E-state index in [2.05, 4.69) is 9.80 Å². The Morgan fingerprint density at radius 3 is 2.27 bits per heavy atom. The molecule has 0 radical (unpaired) electrons. The maximum atomic E-state index is 12.9. The summed E-state index contributed by atoms with van der Waals surface area (Å²) < 4.78 is 0. The van der Waals surface area contributed by atoms with Crippen LogP contribution in [0.5, 0.6) is 0 Å². The normalized spacial score (nSPS) is 20.8. The van der Waals surface area contributed by atoms with E-state index < -0.39 is 5.97 Å². The molecule has 178 valence electrons. The SMILES string of the molecule is Cc1nc(N2CCCCC2)nc(N2CCCCC2)c1/C=C1\SC(=O)N(CCCC(=O)O)C1=O. The van der Waals surface area contributed by atoms with Crippen molar-refractivity contribution in [2.75, 3.05) is 42.5 Å². The van der Waals surface area contributed by atoms with Gasteiger partial charge in [-0.2, -0.15) is 4.98 Å². The summed E-state index contributed by atoms with van der Waals surface area (Å²) in [5.41, 5.74) is 1.58. The summed E-state index contributed by atoms with van der Waals surface area (Å²) in [4.78, 5) is 51.9. The van der Waals surface area contributed by atoms with Gasteiger partial charge in [-0.05, 0) is 69.7 Å². The Bertz CT molecular complexity index is 954. The minimum atomic E-state index is -0.940. The summed E-state index contributed by atoms with van der Waals surface area (Å²) in [6.07, 6.45) is 8.82. The number of aryl methyl sites for hydroxylation is 1. The highest BCUT2D eigenvalue weighted by Crippen LogP contribution is 2.36. The number of aliphatic carboxylic acids is 1. The highest BCUT2D eigenvalue weighted by molar-refractivity contribution is 8.18. The summed E-state index contributed by atoms with van der Waals surface area (Å²) in [6, 6.07) is 0. The van der Waals surface area contributed by atoms with Crippen molar-refractivity contribution in [2.45, 2.75) is 58.3 Å². The van der Waals surface area contributed by atoms with Gasteiger partial charge in [-0.1, -0.05) is 0 Å². The molecule has 0 bridgehead atoms. The van der Waals surface area contributed by atoms with Crippen molar-refractivity contribution in [1.82, 2.24) is 14.9 Å². The van der Waals surface area contributed by atoms with Crippen LogP contribution >= 0.6 is 11.8 Å². The van der Waals surface area contributed by atoms with E-state index in [0.717, 1.165) is 91.5 Å². The molecule has 0 saturated carbocycles. The molecule has 0 spiro atoms. The Morgan fingerprint density at radius 2 is 1.64 bits per heavy atom. The standard InChI is InChI=1S/C23H31N5O4S/c1-16-17(15-18-21(31)28(23(32)33-18)14-8-9-19(29)30)20(26-10-4-2-5-11-26)25-22(24-16)27-12-6-3-7-13-27/h15H,2-14H2,1H3,(H,29,30)/b18-15-. The highest BCUT2D eigenvalue weighted by Gasteiger charge is 2.35. The molecule has 3 saturated heterocycles. The number of carbonyl (C=O) groups is 3. The zero-order valence-corrected chi connectivity index (χ0v) is 19.9. The fraction of sp³-hybridized carbons (Fsp3) is 0.609. The third-order valence-electron chi connectivity index (χ3n) is 6.32. The zero-order chi connectivity index (χ0) is 23.4. The molecular formula is C23H31N5O4S. The predicted octanol–water partition coefficient (Wildman–Crippen LogP) is 3.67. The van der Waals surface area contributed by atoms with Crippen LogP contribution in [0.4, 0.5) is 16.6 Å². The number of carbonyl (C=O) groups excluding carboxylic acids is 2. The summed E-state index contributed by atoms with van der Waals surface area (Å²) in [6.45, 7) is 5.77. The Labute approximate surface area is 198 Å². The number of piperidine rings is 2. The lowest BCUT2D eigenvalue weighted by molar-refractivity contribution is -0.137. The molecule has 3 aliphatic heterocycles. The molecule has 4 rings (SSSR count). The summed E-state index contributed by atoms with van der Waals surface area (Å²) in [5.74, 6) is 0.261. The van der Waals surface area contributed by atoms with Crippen LogP contribution in [0, 0.1) is 6.92 Å². The second-order valence-corrected chi connectivity index (χ2v) is 9.77. The molecular weight excluding hydrogens is 442 g/mol. The van der Waals surface area contributed by atoms with Gasteiger partial charge in [0.15, 0.2) is 0 Å². The Morgan fingerprint density at radius 1 is 1.00 bits per heavy atom. The van der Waals surface area contributed by atoms with Gasteiger partial charge in [-0.15, -0.1) is 0 Å². The van der Waals surface area contributed by atoms with E-state index in [1.807, 2.05) is 6.92 Å². The second kappa shape index (κ2) is 10.5. The average Bonchev–Trinajstić information content (AvgIpc) is 3.08. The van der Waals surface area contributed by atoms with Crippen molar-refractivity contribution in [3.8, 4) is 0 Å². The quantitative estimate of drug-likeness (QED) is 0.594. The number of hydrogen-bond acceptors (Lipinski definition) is 8. The third kappa shape index (κ3) is 5.48. The number of aromatic nitrogens is 2. The Kier molecular flexibility index (Phi) is 7.52. The largest absolute Gasteiger partial charge is 0.481 e. The van der Waals surface area contributed by atoms with Gasteiger partial charge in [0, 0.05) is 44.7 Å². The zero-order valence-electron chi connectivity index (χ0n) is 19.1. The van der Waals surface area contributed by atoms with E-state index in [1.54, 1.807) is 6.08 Å². The molecule has 1 N–H and O–H groups in total. The number of hydrogen-bond donors (Lipinski definition) is 1. The number of carboxylic acids is 1. The van der Waals surface area contributed by atoms with Gasteiger partial charge in [0.05, 0.1) is 10.6 Å². The number of carboxylic acid groups (broad SMARTS) is 1. The first kappa shape index (κ1) is 23.5. The molecule has 33 heavy (non-hydrogen) atoms. The van der Waals surface area contributed by atoms with Crippen LogP contribution < -0.4 is 9.80 Å². The van der Waals surface area contributed by atoms with E-state index in [9.17, 15) is 14.4 Å². The van der Waals surface area contributed by atoms with Crippen LogP contribution in [0.25, 0.3) is 6.08 Å².